The minimum Gasteiger partial charge on any atom is -0.312 e. The van der Waals surface area contributed by atoms with Gasteiger partial charge in [0.1, 0.15) is 0 Å². The van der Waals surface area contributed by atoms with Gasteiger partial charge in [-0.05, 0) is 42.6 Å². The van der Waals surface area contributed by atoms with Crippen molar-refractivity contribution in [1.29, 1.82) is 5.26 Å². The van der Waals surface area contributed by atoms with Crippen LogP contribution in [0.4, 0.5) is 0 Å². The normalized spacial score (nSPS) is 10.1. The van der Waals surface area contributed by atoms with Gasteiger partial charge in [0, 0.05) is 6.54 Å². The molecule has 2 aromatic carbocycles. The van der Waals surface area contributed by atoms with Crippen LogP contribution in [-0.4, -0.2) is 6.54 Å². The highest BCUT2D eigenvalue weighted by atomic mass is 14.8. The summed E-state index contributed by atoms with van der Waals surface area (Å²) in [6, 6.07) is 18.4. The first-order valence-electron chi connectivity index (χ1n) is 6.54. The first-order chi connectivity index (χ1) is 9.31. The molecule has 2 rings (SSSR count). The average Bonchev–Trinajstić information content (AvgIpc) is 2.45. The van der Waals surface area contributed by atoms with E-state index in [1.807, 2.05) is 24.3 Å². The van der Waals surface area contributed by atoms with Gasteiger partial charge in [-0.3, -0.25) is 0 Å². The van der Waals surface area contributed by atoms with E-state index in [-0.39, 0.29) is 0 Å². The van der Waals surface area contributed by atoms with Gasteiger partial charge in [-0.15, -0.1) is 0 Å². The number of benzene rings is 2. The smallest absolute Gasteiger partial charge is 0.0995 e. The lowest BCUT2D eigenvalue weighted by Gasteiger charge is -2.08. The van der Waals surface area contributed by atoms with Crippen LogP contribution >= 0.6 is 0 Å². The molecule has 0 spiro atoms. The van der Waals surface area contributed by atoms with Crippen molar-refractivity contribution in [1.82, 2.24) is 5.32 Å². The van der Waals surface area contributed by atoms with E-state index in [0.29, 0.717) is 0 Å². The zero-order valence-electron chi connectivity index (χ0n) is 11.2. The summed E-state index contributed by atoms with van der Waals surface area (Å²) in [5.41, 5.74) is 4.53. The second kappa shape index (κ2) is 6.72. The van der Waals surface area contributed by atoms with Gasteiger partial charge >= 0.3 is 0 Å². The lowest BCUT2D eigenvalue weighted by Crippen LogP contribution is -2.17. The van der Waals surface area contributed by atoms with Crippen molar-refractivity contribution in [3.63, 3.8) is 0 Å². The maximum Gasteiger partial charge on any atom is 0.0995 e. The predicted octanol–water partition coefficient (Wildman–Crippen LogP) is 3.20. The minimum absolute atomic E-state index is 0.746. The molecule has 0 amide bonds. The van der Waals surface area contributed by atoms with Crippen molar-refractivity contribution >= 4 is 0 Å². The van der Waals surface area contributed by atoms with Crippen LogP contribution in [0.3, 0.4) is 0 Å². The second-order valence-electron chi connectivity index (χ2n) is 4.62. The quantitative estimate of drug-likeness (QED) is 0.827. The zero-order chi connectivity index (χ0) is 13.5. The summed E-state index contributed by atoms with van der Waals surface area (Å²) in [6.07, 6.45) is 1.02. The third kappa shape index (κ3) is 3.67. The Morgan fingerprint density at radius 2 is 1.68 bits per heavy atom. The van der Waals surface area contributed by atoms with Gasteiger partial charge in [-0.1, -0.05) is 42.5 Å². The lowest BCUT2D eigenvalue weighted by molar-refractivity contribution is 0.684. The van der Waals surface area contributed by atoms with E-state index in [2.05, 4.69) is 42.6 Å². The van der Waals surface area contributed by atoms with Crippen LogP contribution in [0.5, 0.6) is 0 Å². The van der Waals surface area contributed by atoms with Crippen LogP contribution in [-0.2, 0) is 13.0 Å². The molecule has 0 saturated carbocycles. The fraction of sp³-hybridized carbons (Fsp3) is 0.235. The van der Waals surface area contributed by atoms with E-state index in [1.165, 1.54) is 11.1 Å². The number of hydrogen-bond donors (Lipinski definition) is 1. The van der Waals surface area contributed by atoms with Crippen LogP contribution < -0.4 is 5.32 Å². The van der Waals surface area contributed by atoms with E-state index >= 15 is 0 Å². The number of nitrogens with zero attached hydrogens (tertiary/aromatic N) is 1. The maximum absolute atomic E-state index is 9.01. The van der Waals surface area contributed by atoms with Gasteiger partial charge in [0.2, 0.25) is 0 Å². The van der Waals surface area contributed by atoms with Gasteiger partial charge in [0.15, 0.2) is 0 Å². The summed E-state index contributed by atoms with van der Waals surface area (Å²) >= 11 is 0. The van der Waals surface area contributed by atoms with Crippen molar-refractivity contribution in [2.45, 2.75) is 19.9 Å². The van der Waals surface area contributed by atoms with Gasteiger partial charge in [-0.2, -0.15) is 5.26 Å². The molecule has 96 valence electrons. The second-order valence-corrected chi connectivity index (χ2v) is 4.62. The Bertz CT molecular complexity index is 582. The molecule has 0 radical (unpaired) electrons. The van der Waals surface area contributed by atoms with Crippen molar-refractivity contribution in [3.8, 4) is 6.07 Å². The molecular formula is C17H18N2. The Morgan fingerprint density at radius 1 is 1.00 bits per heavy atom. The molecule has 2 aromatic rings. The highest BCUT2D eigenvalue weighted by molar-refractivity contribution is 5.37. The zero-order valence-corrected chi connectivity index (χ0v) is 11.2. The molecule has 1 N–H and O–H groups in total. The lowest BCUT2D eigenvalue weighted by atomic mass is 10.1. The molecule has 0 fully saturated rings. The van der Waals surface area contributed by atoms with E-state index in [4.69, 9.17) is 5.26 Å². The summed E-state index contributed by atoms with van der Waals surface area (Å²) < 4.78 is 0. The monoisotopic (exact) mass is 250 g/mol. The van der Waals surface area contributed by atoms with E-state index in [0.717, 1.165) is 30.6 Å². The molecule has 0 aliphatic heterocycles. The first kappa shape index (κ1) is 13.3. The number of nitriles is 1. The van der Waals surface area contributed by atoms with E-state index in [1.54, 1.807) is 0 Å². The third-order valence-electron chi connectivity index (χ3n) is 3.29. The van der Waals surface area contributed by atoms with E-state index < -0.39 is 0 Å². The van der Waals surface area contributed by atoms with Crippen molar-refractivity contribution < 1.29 is 0 Å². The van der Waals surface area contributed by atoms with Crippen molar-refractivity contribution in [2.75, 3.05) is 6.54 Å². The Hall–Kier alpha value is -2.11. The third-order valence-corrected chi connectivity index (χ3v) is 3.29. The molecule has 0 saturated heterocycles. The predicted molar refractivity (Wildman–Crippen MR) is 77.7 cm³/mol. The Labute approximate surface area is 114 Å². The summed E-state index contributed by atoms with van der Waals surface area (Å²) in [7, 11) is 0. The fourth-order valence-corrected chi connectivity index (χ4v) is 2.12. The van der Waals surface area contributed by atoms with Gasteiger partial charge < -0.3 is 5.32 Å². The minimum atomic E-state index is 0.746. The van der Waals surface area contributed by atoms with Crippen LogP contribution in [0.2, 0.25) is 0 Å². The summed E-state index contributed by atoms with van der Waals surface area (Å²) in [6.45, 7) is 3.81. The number of nitrogens with one attached hydrogen (secondary N) is 1. The highest BCUT2D eigenvalue weighted by Gasteiger charge is 2.00. The van der Waals surface area contributed by atoms with Gasteiger partial charge in [0.25, 0.3) is 0 Å². The molecule has 0 bridgehead atoms. The van der Waals surface area contributed by atoms with Crippen LogP contribution in [0.15, 0.2) is 48.5 Å². The summed E-state index contributed by atoms with van der Waals surface area (Å²) in [5.74, 6) is 0. The molecule has 0 unspecified atom stereocenters. The van der Waals surface area contributed by atoms with Crippen LogP contribution in [0.1, 0.15) is 22.3 Å². The van der Waals surface area contributed by atoms with Gasteiger partial charge in [-0.25, -0.2) is 0 Å². The Balaban J connectivity index is 1.85. The van der Waals surface area contributed by atoms with E-state index in [9.17, 15) is 0 Å². The molecule has 19 heavy (non-hydrogen) atoms. The molecule has 2 nitrogen and oxygen atoms in total. The van der Waals surface area contributed by atoms with Crippen molar-refractivity contribution in [2.24, 2.45) is 0 Å². The molecule has 0 aliphatic carbocycles. The fourth-order valence-electron chi connectivity index (χ4n) is 2.12. The SMILES string of the molecule is Cc1ccccc1CCNCc1ccccc1C#N. The molecule has 0 aromatic heterocycles. The summed E-state index contributed by atoms with van der Waals surface area (Å²) in [4.78, 5) is 0. The van der Waals surface area contributed by atoms with Crippen LogP contribution in [0, 0.1) is 18.3 Å². The van der Waals surface area contributed by atoms with Gasteiger partial charge in [0.05, 0.1) is 11.6 Å². The Morgan fingerprint density at radius 3 is 2.42 bits per heavy atom. The molecule has 2 heteroatoms. The summed E-state index contributed by atoms with van der Waals surface area (Å²) in [5, 5.41) is 12.4. The van der Waals surface area contributed by atoms with Crippen LogP contribution in [0.25, 0.3) is 0 Å². The number of hydrogen-bond acceptors (Lipinski definition) is 2. The standard InChI is InChI=1S/C17H18N2/c1-14-6-2-3-7-15(14)10-11-19-13-17-9-5-4-8-16(17)12-18/h2-9,19H,10-11,13H2,1H3. The average molecular weight is 250 g/mol. The highest BCUT2D eigenvalue weighted by Crippen LogP contribution is 2.08. The molecule has 0 heterocycles. The first-order valence-corrected chi connectivity index (χ1v) is 6.54. The molecular weight excluding hydrogens is 232 g/mol. The molecule has 0 atom stereocenters. The number of aryl methyl sites for hydroxylation is 1. The van der Waals surface area contributed by atoms with Crippen molar-refractivity contribution in [3.05, 3.63) is 70.8 Å². The molecule has 0 aliphatic rings. The Kier molecular flexibility index (Phi) is 4.72. The maximum atomic E-state index is 9.01. The topological polar surface area (TPSA) is 35.8 Å². The number of rotatable bonds is 5. The largest absolute Gasteiger partial charge is 0.312 e.